The van der Waals surface area contributed by atoms with Gasteiger partial charge in [0.15, 0.2) is 0 Å². The van der Waals surface area contributed by atoms with Crippen LogP contribution in [0.25, 0.3) is 16.5 Å². The summed E-state index contributed by atoms with van der Waals surface area (Å²) >= 11 is 0. The minimum absolute atomic E-state index is 0.198. The Morgan fingerprint density at radius 1 is 1.40 bits per heavy atom. The predicted octanol–water partition coefficient (Wildman–Crippen LogP) is 2.96. The number of aldehydes is 1. The molecule has 1 aromatic carbocycles. The topological polar surface area (TPSA) is 65.8 Å². The third kappa shape index (κ3) is 3.62. The summed E-state index contributed by atoms with van der Waals surface area (Å²) in [6.07, 6.45) is 3.75. The molecule has 0 saturated heterocycles. The maximum Gasteiger partial charge on any atom is 0.150 e. The highest BCUT2D eigenvalue weighted by molar-refractivity contribution is 5.76. The first-order chi connectivity index (χ1) is 7.26. The van der Waals surface area contributed by atoms with Gasteiger partial charge < -0.3 is 0 Å². The van der Waals surface area contributed by atoms with Crippen LogP contribution in [0.15, 0.2) is 29.4 Å². The van der Waals surface area contributed by atoms with Gasteiger partial charge in [0.25, 0.3) is 0 Å². The molecule has 0 heterocycles. The quantitative estimate of drug-likeness (QED) is 0.322. The van der Waals surface area contributed by atoms with Crippen LogP contribution < -0.4 is 0 Å². The van der Waals surface area contributed by atoms with Crippen molar-refractivity contribution in [3.05, 3.63) is 51.7 Å². The SMILES string of the molecule is [N-]=[N+]=NCC=Cc1cc(F)cc(C=O)c1. The monoisotopic (exact) mass is 205 g/mol. The number of rotatable bonds is 4. The van der Waals surface area contributed by atoms with Crippen molar-refractivity contribution in [2.45, 2.75) is 0 Å². The van der Waals surface area contributed by atoms with E-state index in [0.717, 1.165) is 6.07 Å². The molecular weight excluding hydrogens is 197 g/mol. The summed E-state index contributed by atoms with van der Waals surface area (Å²) in [6.45, 7) is 0.198. The lowest BCUT2D eigenvalue weighted by atomic mass is 10.1. The Morgan fingerprint density at radius 2 is 2.13 bits per heavy atom. The van der Waals surface area contributed by atoms with E-state index in [0.29, 0.717) is 11.8 Å². The number of benzene rings is 1. The van der Waals surface area contributed by atoms with Crippen LogP contribution in [0, 0.1) is 5.82 Å². The maximum absolute atomic E-state index is 12.9. The Hall–Kier alpha value is -2.13. The van der Waals surface area contributed by atoms with Gasteiger partial charge in [-0.25, -0.2) is 4.39 Å². The molecule has 0 aromatic heterocycles. The average Bonchev–Trinajstić information content (AvgIpc) is 2.23. The number of hydrogen-bond acceptors (Lipinski definition) is 2. The van der Waals surface area contributed by atoms with Crippen molar-refractivity contribution in [3.63, 3.8) is 0 Å². The Labute approximate surface area is 85.7 Å². The summed E-state index contributed by atoms with van der Waals surface area (Å²) in [5.41, 5.74) is 8.84. The van der Waals surface area contributed by atoms with Gasteiger partial charge in [-0.2, -0.15) is 0 Å². The molecule has 0 aliphatic heterocycles. The van der Waals surface area contributed by atoms with Gasteiger partial charge in [0.05, 0.1) is 0 Å². The second kappa shape index (κ2) is 5.57. The normalized spacial score (nSPS) is 9.93. The van der Waals surface area contributed by atoms with E-state index in [1.807, 2.05) is 0 Å². The fraction of sp³-hybridized carbons (Fsp3) is 0.100. The minimum Gasteiger partial charge on any atom is -0.298 e. The van der Waals surface area contributed by atoms with Gasteiger partial charge in [0, 0.05) is 17.0 Å². The number of nitrogens with zero attached hydrogens (tertiary/aromatic N) is 3. The predicted molar refractivity (Wildman–Crippen MR) is 54.8 cm³/mol. The van der Waals surface area contributed by atoms with E-state index in [4.69, 9.17) is 5.53 Å². The summed E-state index contributed by atoms with van der Waals surface area (Å²) in [5, 5.41) is 3.28. The number of halogens is 1. The van der Waals surface area contributed by atoms with Gasteiger partial charge in [0.2, 0.25) is 0 Å². The third-order valence-corrected chi connectivity index (χ3v) is 1.64. The maximum atomic E-state index is 12.9. The highest BCUT2D eigenvalue weighted by Crippen LogP contribution is 2.09. The zero-order chi connectivity index (χ0) is 11.1. The van der Waals surface area contributed by atoms with Gasteiger partial charge in [-0.3, -0.25) is 4.79 Å². The zero-order valence-electron chi connectivity index (χ0n) is 7.80. The van der Waals surface area contributed by atoms with Gasteiger partial charge in [-0.1, -0.05) is 17.3 Å². The molecule has 0 atom stereocenters. The Bertz CT molecular complexity index is 436. The van der Waals surface area contributed by atoms with E-state index in [1.165, 1.54) is 6.07 Å². The minimum atomic E-state index is -0.469. The summed E-state index contributed by atoms with van der Waals surface area (Å²) in [5.74, 6) is -0.469. The molecule has 0 aliphatic rings. The molecule has 0 N–H and O–H groups in total. The molecule has 1 rings (SSSR count). The molecule has 0 unspecified atom stereocenters. The van der Waals surface area contributed by atoms with Crippen LogP contribution in [0.5, 0.6) is 0 Å². The first-order valence-corrected chi connectivity index (χ1v) is 4.19. The number of hydrogen-bond donors (Lipinski definition) is 0. The Balaban J connectivity index is 2.84. The van der Waals surface area contributed by atoms with E-state index >= 15 is 0 Å². The van der Waals surface area contributed by atoms with Gasteiger partial charge >= 0.3 is 0 Å². The van der Waals surface area contributed by atoms with Crippen LogP contribution in [-0.4, -0.2) is 12.8 Å². The van der Waals surface area contributed by atoms with Crippen LogP contribution in [0.1, 0.15) is 15.9 Å². The third-order valence-electron chi connectivity index (χ3n) is 1.64. The van der Waals surface area contributed by atoms with Crippen molar-refractivity contribution >= 4 is 12.4 Å². The Morgan fingerprint density at radius 3 is 2.80 bits per heavy atom. The number of carbonyl (C=O) groups is 1. The molecule has 0 radical (unpaired) electrons. The molecule has 76 valence electrons. The van der Waals surface area contributed by atoms with E-state index in [-0.39, 0.29) is 12.1 Å². The molecule has 15 heavy (non-hydrogen) atoms. The summed E-state index contributed by atoms with van der Waals surface area (Å²) < 4.78 is 12.9. The molecule has 4 nitrogen and oxygen atoms in total. The number of azide groups is 1. The van der Waals surface area contributed by atoms with Crippen molar-refractivity contribution in [2.75, 3.05) is 6.54 Å². The molecule has 0 saturated carbocycles. The first-order valence-electron chi connectivity index (χ1n) is 4.19. The lowest BCUT2D eigenvalue weighted by molar-refractivity contribution is 0.112. The Kier molecular flexibility index (Phi) is 4.06. The highest BCUT2D eigenvalue weighted by Gasteiger charge is 1.96. The lowest BCUT2D eigenvalue weighted by Crippen LogP contribution is -1.85. The van der Waals surface area contributed by atoms with Crippen molar-refractivity contribution in [1.29, 1.82) is 0 Å². The molecule has 0 fully saturated rings. The van der Waals surface area contributed by atoms with Crippen LogP contribution in [0.4, 0.5) is 4.39 Å². The first kappa shape index (κ1) is 10.9. The fourth-order valence-electron chi connectivity index (χ4n) is 1.07. The van der Waals surface area contributed by atoms with E-state index < -0.39 is 5.82 Å². The van der Waals surface area contributed by atoms with E-state index in [9.17, 15) is 9.18 Å². The second-order valence-electron chi connectivity index (χ2n) is 2.75. The summed E-state index contributed by atoms with van der Waals surface area (Å²) in [6, 6.07) is 3.99. The average molecular weight is 205 g/mol. The van der Waals surface area contributed by atoms with Gasteiger partial charge in [0.1, 0.15) is 12.1 Å². The number of carbonyl (C=O) groups excluding carboxylic acids is 1. The second-order valence-corrected chi connectivity index (χ2v) is 2.75. The zero-order valence-corrected chi connectivity index (χ0v) is 7.80. The van der Waals surface area contributed by atoms with Crippen molar-refractivity contribution < 1.29 is 9.18 Å². The molecule has 0 amide bonds. The van der Waals surface area contributed by atoms with E-state index in [2.05, 4.69) is 10.0 Å². The summed E-state index contributed by atoms with van der Waals surface area (Å²) in [4.78, 5) is 13.0. The van der Waals surface area contributed by atoms with Crippen LogP contribution in [0.2, 0.25) is 0 Å². The molecule has 1 aromatic rings. The molecule has 5 heteroatoms. The van der Waals surface area contributed by atoms with Crippen molar-refractivity contribution in [3.8, 4) is 0 Å². The van der Waals surface area contributed by atoms with Crippen LogP contribution in [0.3, 0.4) is 0 Å². The van der Waals surface area contributed by atoms with Crippen LogP contribution >= 0.6 is 0 Å². The molecule has 0 aliphatic carbocycles. The van der Waals surface area contributed by atoms with Crippen molar-refractivity contribution in [2.24, 2.45) is 5.11 Å². The lowest BCUT2D eigenvalue weighted by Gasteiger charge is -1.96. The summed E-state index contributed by atoms with van der Waals surface area (Å²) in [7, 11) is 0. The molecular formula is C10H8FN3O. The van der Waals surface area contributed by atoms with Gasteiger partial charge in [-0.05, 0) is 29.3 Å². The highest BCUT2D eigenvalue weighted by atomic mass is 19.1. The standard InChI is InChI=1S/C10H8FN3O/c11-10-5-8(2-1-3-13-14-12)4-9(6-10)7-15/h1-2,4-7H,3H2. The fourth-order valence-corrected chi connectivity index (χ4v) is 1.07. The molecule has 0 bridgehead atoms. The smallest absolute Gasteiger partial charge is 0.150 e. The largest absolute Gasteiger partial charge is 0.298 e. The molecule has 0 spiro atoms. The van der Waals surface area contributed by atoms with Crippen molar-refractivity contribution in [1.82, 2.24) is 0 Å². The van der Waals surface area contributed by atoms with Gasteiger partial charge in [-0.15, -0.1) is 0 Å². The van der Waals surface area contributed by atoms with E-state index in [1.54, 1.807) is 18.2 Å². The van der Waals surface area contributed by atoms with Crippen LogP contribution in [-0.2, 0) is 0 Å².